The maximum Gasteiger partial charge on any atom is 0.223 e. The molecule has 1 heterocycles. The minimum atomic E-state index is 0.273. The average Bonchev–Trinajstić information content (AvgIpc) is 2.70. The molecule has 5 aliphatic rings. The number of nitrogens with two attached hydrogens (primary N) is 1. The van der Waals surface area contributed by atoms with Crippen LogP contribution in [0, 0.1) is 23.7 Å². The fourth-order valence-corrected chi connectivity index (χ4v) is 6.06. The zero-order chi connectivity index (χ0) is 13.0. The maximum atomic E-state index is 12.5. The minimum absolute atomic E-state index is 0.273. The number of rotatable bonds is 3. The molecule has 1 atom stereocenters. The van der Waals surface area contributed by atoms with Gasteiger partial charge in [-0.2, -0.15) is 0 Å². The molecule has 4 bridgehead atoms. The van der Waals surface area contributed by atoms with Crippen LogP contribution in [0.25, 0.3) is 0 Å². The first-order chi connectivity index (χ1) is 9.18. The molecule has 1 amide bonds. The third-order valence-corrected chi connectivity index (χ3v) is 6.36. The van der Waals surface area contributed by atoms with Crippen LogP contribution in [0.5, 0.6) is 0 Å². The molecule has 2 N–H and O–H groups in total. The number of carbonyl (C=O) groups is 1. The number of carbonyl (C=O) groups excluding carboxylic acids is 1. The normalized spacial score (nSPS) is 48.3. The van der Waals surface area contributed by atoms with Crippen molar-refractivity contribution < 1.29 is 4.79 Å². The van der Waals surface area contributed by atoms with Crippen LogP contribution in [0.1, 0.15) is 51.4 Å². The van der Waals surface area contributed by atoms with E-state index in [1.54, 1.807) is 0 Å². The van der Waals surface area contributed by atoms with Gasteiger partial charge in [-0.05, 0) is 75.2 Å². The summed E-state index contributed by atoms with van der Waals surface area (Å²) in [7, 11) is 0. The van der Waals surface area contributed by atoms with Gasteiger partial charge >= 0.3 is 0 Å². The summed E-state index contributed by atoms with van der Waals surface area (Å²) in [6.07, 6.45) is 10.1. The van der Waals surface area contributed by atoms with Gasteiger partial charge in [0.15, 0.2) is 0 Å². The highest BCUT2D eigenvalue weighted by Gasteiger charge is 2.55. The first-order valence-electron chi connectivity index (χ1n) is 8.19. The monoisotopic (exact) mass is 262 g/mol. The average molecular weight is 262 g/mol. The molecule has 5 fully saturated rings. The highest BCUT2D eigenvalue weighted by molar-refractivity contribution is 5.79. The lowest BCUT2D eigenvalue weighted by Gasteiger charge is -2.60. The first kappa shape index (κ1) is 12.2. The zero-order valence-electron chi connectivity index (χ0n) is 11.8. The van der Waals surface area contributed by atoms with Crippen molar-refractivity contribution in [1.82, 2.24) is 4.90 Å². The molecule has 0 aromatic rings. The number of likely N-dealkylation sites (tertiary alicyclic amines) is 1. The Labute approximate surface area is 115 Å². The van der Waals surface area contributed by atoms with Crippen molar-refractivity contribution in [2.75, 3.05) is 13.1 Å². The summed E-state index contributed by atoms with van der Waals surface area (Å²) >= 11 is 0. The topological polar surface area (TPSA) is 46.3 Å². The molecule has 1 aliphatic heterocycles. The van der Waals surface area contributed by atoms with Crippen LogP contribution in [0.4, 0.5) is 0 Å². The highest BCUT2D eigenvalue weighted by atomic mass is 16.2. The molecular formula is C16H26N2O. The molecule has 0 aromatic carbocycles. The molecule has 1 unspecified atom stereocenters. The summed E-state index contributed by atoms with van der Waals surface area (Å²) in [4.78, 5) is 14.8. The van der Waals surface area contributed by atoms with Gasteiger partial charge in [-0.25, -0.2) is 0 Å². The van der Waals surface area contributed by atoms with Crippen molar-refractivity contribution in [2.45, 2.75) is 56.9 Å². The van der Waals surface area contributed by atoms with Gasteiger partial charge in [0, 0.05) is 18.5 Å². The molecule has 0 aromatic heterocycles. The van der Waals surface area contributed by atoms with E-state index in [2.05, 4.69) is 4.90 Å². The summed E-state index contributed by atoms with van der Waals surface area (Å²) in [5, 5.41) is 0. The van der Waals surface area contributed by atoms with Crippen LogP contribution in [0.3, 0.4) is 0 Å². The van der Waals surface area contributed by atoms with E-state index in [0.29, 0.717) is 11.8 Å². The van der Waals surface area contributed by atoms with E-state index in [0.717, 1.165) is 43.7 Å². The van der Waals surface area contributed by atoms with Gasteiger partial charge in [-0.1, -0.05) is 0 Å². The quantitative estimate of drug-likeness (QED) is 0.847. The molecule has 4 saturated carbocycles. The molecule has 19 heavy (non-hydrogen) atoms. The van der Waals surface area contributed by atoms with Crippen LogP contribution < -0.4 is 5.73 Å². The van der Waals surface area contributed by atoms with Crippen molar-refractivity contribution in [2.24, 2.45) is 29.4 Å². The Morgan fingerprint density at radius 2 is 1.68 bits per heavy atom. The van der Waals surface area contributed by atoms with E-state index in [1.807, 2.05) is 0 Å². The standard InChI is InChI=1S/C16H26N2O/c17-2-1-11-6-15(19)18(10-11)16-7-12-3-13(8-16)5-14(4-12)9-16/h11-14H,1-10,17H2. The Bertz CT molecular complexity index is 357. The number of hydrogen-bond acceptors (Lipinski definition) is 2. The van der Waals surface area contributed by atoms with Gasteiger partial charge in [-0.15, -0.1) is 0 Å². The molecule has 3 heteroatoms. The van der Waals surface area contributed by atoms with Crippen LogP contribution in [0.2, 0.25) is 0 Å². The van der Waals surface area contributed by atoms with Crippen LogP contribution in [0.15, 0.2) is 0 Å². The second-order valence-corrected chi connectivity index (χ2v) is 7.79. The Morgan fingerprint density at radius 3 is 2.21 bits per heavy atom. The van der Waals surface area contributed by atoms with Gasteiger partial charge in [0.2, 0.25) is 5.91 Å². The predicted octanol–water partition coefficient (Wildman–Crippen LogP) is 2.15. The van der Waals surface area contributed by atoms with Crippen LogP contribution >= 0.6 is 0 Å². The number of amides is 1. The Hall–Kier alpha value is -0.570. The van der Waals surface area contributed by atoms with Crippen molar-refractivity contribution in [1.29, 1.82) is 0 Å². The third kappa shape index (κ3) is 1.84. The highest BCUT2D eigenvalue weighted by Crippen LogP contribution is 2.58. The summed E-state index contributed by atoms with van der Waals surface area (Å²) in [5.74, 6) is 3.73. The first-order valence-corrected chi connectivity index (χ1v) is 8.19. The molecule has 3 nitrogen and oxygen atoms in total. The molecule has 0 spiro atoms. The lowest BCUT2D eigenvalue weighted by atomic mass is 9.52. The second kappa shape index (κ2) is 4.21. The van der Waals surface area contributed by atoms with Gasteiger partial charge in [0.1, 0.15) is 0 Å². The molecule has 0 radical (unpaired) electrons. The molecule has 106 valence electrons. The van der Waals surface area contributed by atoms with Gasteiger partial charge < -0.3 is 10.6 Å². The van der Waals surface area contributed by atoms with Crippen LogP contribution in [-0.4, -0.2) is 29.4 Å². The van der Waals surface area contributed by atoms with E-state index in [-0.39, 0.29) is 5.54 Å². The van der Waals surface area contributed by atoms with Crippen molar-refractivity contribution in [3.8, 4) is 0 Å². The minimum Gasteiger partial charge on any atom is -0.337 e. The SMILES string of the molecule is NCCC1CC(=O)N(C23CC4CC(CC(C4)C2)C3)C1. The lowest BCUT2D eigenvalue weighted by molar-refractivity contribution is -0.145. The van der Waals surface area contributed by atoms with Crippen molar-refractivity contribution in [3.05, 3.63) is 0 Å². The summed E-state index contributed by atoms with van der Waals surface area (Å²) < 4.78 is 0. The fraction of sp³-hybridized carbons (Fsp3) is 0.938. The molecule has 1 saturated heterocycles. The zero-order valence-corrected chi connectivity index (χ0v) is 11.8. The van der Waals surface area contributed by atoms with E-state index in [4.69, 9.17) is 5.73 Å². The smallest absolute Gasteiger partial charge is 0.223 e. The predicted molar refractivity (Wildman–Crippen MR) is 74.4 cm³/mol. The van der Waals surface area contributed by atoms with E-state index >= 15 is 0 Å². The van der Waals surface area contributed by atoms with Gasteiger partial charge in [0.05, 0.1) is 0 Å². The van der Waals surface area contributed by atoms with Crippen molar-refractivity contribution in [3.63, 3.8) is 0 Å². The number of nitrogens with zero attached hydrogens (tertiary/aromatic N) is 1. The van der Waals surface area contributed by atoms with E-state index < -0.39 is 0 Å². The Morgan fingerprint density at radius 1 is 1.11 bits per heavy atom. The summed E-state index contributed by atoms with van der Waals surface area (Å²) in [6.45, 7) is 1.73. The van der Waals surface area contributed by atoms with E-state index in [9.17, 15) is 4.79 Å². The lowest BCUT2D eigenvalue weighted by Crippen LogP contribution is -2.60. The van der Waals surface area contributed by atoms with Crippen molar-refractivity contribution >= 4 is 5.91 Å². The van der Waals surface area contributed by atoms with Gasteiger partial charge in [0.25, 0.3) is 0 Å². The third-order valence-electron chi connectivity index (χ3n) is 6.36. The Balaban J connectivity index is 1.57. The second-order valence-electron chi connectivity index (χ2n) is 7.79. The van der Waals surface area contributed by atoms with E-state index in [1.165, 1.54) is 38.5 Å². The molecule has 5 rings (SSSR count). The Kier molecular flexibility index (Phi) is 2.70. The molecule has 4 aliphatic carbocycles. The van der Waals surface area contributed by atoms with Gasteiger partial charge in [-0.3, -0.25) is 4.79 Å². The maximum absolute atomic E-state index is 12.5. The summed E-state index contributed by atoms with van der Waals surface area (Å²) in [6, 6.07) is 0. The number of hydrogen-bond donors (Lipinski definition) is 1. The largest absolute Gasteiger partial charge is 0.337 e. The fourth-order valence-electron chi connectivity index (χ4n) is 6.06. The van der Waals surface area contributed by atoms with Crippen LogP contribution in [-0.2, 0) is 4.79 Å². The summed E-state index contributed by atoms with van der Waals surface area (Å²) in [5.41, 5.74) is 5.95. The molecular weight excluding hydrogens is 236 g/mol.